The highest BCUT2D eigenvalue weighted by molar-refractivity contribution is 6.31. The average Bonchev–Trinajstić information content (AvgIpc) is 2.88. The van der Waals surface area contributed by atoms with Gasteiger partial charge in [0.25, 0.3) is 0 Å². The van der Waals surface area contributed by atoms with Crippen molar-refractivity contribution in [2.75, 3.05) is 0 Å². The summed E-state index contributed by atoms with van der Waals surface area (Å²) in [6.45, 7) is 3.92. The molecule has 0 atom stereocenters. The van der Waals surface area contributed by atoms with Gasteiger partial charge in [0.1, 0.15) is 5.82 Å². The molecule has 1 heterocycles. The van der Waals surface area contributed by atoms with E-state index in [4.69, 9.17) is 16.4 Å². The normalized spacial score (nSPS) is 11.8. The zero-order valence-electron chi connectivity index (χ0n) is 12.3. The molecule has 0 saturated carbocycles. The lowest BCUT2D eigenvalue weighted by molar-refractivity contribution is 0.110. The Morgan fingerprint density at radius 2 is 1.86 bits per heavy atom. The van der Waals surface area contributed by atoms with Crippen molar-refractivity contribution in [2.24, 2.45) is 0 Å². The van der Waals surface area contributed by atoms with Crippen molar-refractivity contribution in [3.05, 3.63) is 65.1 Å². The molecule has 114 valence electrons. The fourth-order valence-electron chi connectivity index (χ4n) is 2.26. The van der Waals surface area contributed by atoms with Crippen LogP contribution in [0.1, 0.15) is 19.4 Å². The largest absolute Gasteiger partial charge is 0.406 e. The molecule has 3 aromatic rings. The van der Waals surface area contributed by atoms with E-state index >= 15 is 0 Å². The second-order valence-electron chi connectivity index (χ2n) is 5.68. The van der Waals surface area contributed by atoms with Crippen molar-refractivity contribution in [3.63, 3.8) is 0 Å². The maximum atomic E-state index is 13.0. The summed E-state index contributed by atoms with van der Waals surface area (Å²) in [6, 6.07) is 11.9. The molecule has 0 aliphatic carbocycles. The molecule has 0 spiro atoms. The first-order valence-corrected chi connectivity index (χ1v) is 7.30. The number of halogens is 2. The van der Waals surface area contributed by atoms with Crippen molar-refractivity contribution in [3.8, 4) is 5.75 Å². The number of hydrogen-bond acceptors (Lipinski definition) is 2. The molecule has 3 nitrogen and oxygen atoms in total. The van der Waals surface area contributed by atoms with Gasteiger partial charge in [-0.3, -0.25) is 0 Å². The van der Waals surface area contributed by atoms with Crippen LogP contribution in [0.25, 0.3) is 10.9 Å². The minimum atomic E-state index is -0.476. The summed E-state index contributed by atoms with van der Waals surface area (Å²) in [6.07, 6.45) is 1.77. The zero-order chi connectivity index (χ0) is 15.7. The molecule has 0 saturated heterocycles. The zero-order valence-corrected chi connectivity index (χ0v) is 13.0. The van der Waals surface area contributed by atoms with Crippen LogP contribution in [0.2, 0.25) is 5.02 Å². The Morgan fingerprint density at radius 1 is 1.14 bits per heavy atom. The maximum absolute atomic E-state index is 13.0. The smallest absolute Gasteiger partial charge is 0.172 e. The van der Waals surface area contributed by atoms with Gasteiger partial charge >= 0.3 is 0 Å². The molecule has 0 aliphatic rings. The lowest BCUT2D eigenvalue weighted by Crippen LogP contribution is -2.38. The number of hydrogen-bond donors (Lipinski definition) is 2. The molecular formula is C17H16ClFN2O. The number of benzene rings is 2. The first kappa shape index (κ1) is 14.9. The second kappa shape index (κ2) is 5.63. The number of nitrogens with one attached hydrogen (secondary N) is 2. The number of fused-ring (bicyclic) bond motifs is 1. The van der Waals surface area contributed by atoms with E-state index in [0.717, 1.165) is 16.5 Å². The fraction of sp³-hybridized carbons (Fsp3) is 0.176. The molecule has 2 N–H and O–H groups in total. The van der Waals surface area contributed by atoms with Crippen molar-refractivity contribution in [1.82, 2.24) is 10.5 Å². The van der Waals surface area contributed by atoms with E-state index in [0.29, 0.717) is 10.8 Å². The predicted molar refractivity (Wildman–Crippen MR) is 86.5 cm³/mol. The lowest BCUT2D eigenvalue weighted by Gasteiger charge is -2.26. The minimum Gasteiger partial charge on any atom is -0.406 e. The molecule has 3 rings (SSSR count). The van der Waals surface area contributed by atoms with E-state index in [2.05, 4.69) is 10.5 Å². The number of aromatic nitrogens is 1. The molecule has 0 aliphatic heterocycles. The van der Waals surface area contributed by atoms with Crippen LogP contribution in [0.4, 0.5) is 4.39 Å². The summed E-state index contributed by atoms with van der Waals surface area (Å²) in [5.41, 5.74) is 4.42. The van der Waals surface area contributed by atoms with Gasteiger partial charge in [0.15, 0.2) is 5.75 Å². The van der Waals surface area contributed by atoms with Crippen LogP contribution >= 0.6 is 11.6 Å². The van der Waals surface area contributed by atoms with Crippen LogP contribution in [-0.2, 0) is 5.54 Å². The Kier molecular flexibility index (Phi) is 3.81. The first-order chi connectivity index (χ1) is 10.5. The second-order valence-corrected chi connectivity index (χ2v) is 6.12. The van der Waals surface area contributed by atoms with Crippen LogP contribution in [0.3, 0.4) is 0 Å². The Labute approximate surface area is 133 Å². The molecule has 0 radical (unpaired) electrons. The summed E-state index contributed by atoms with van der Waals surface area (Å²) in [5, 5.41) is 1.55. The van der Waals surface area contributed by atoms with E-state index in [1.54, 1.807) is 18.3 Å². The van der Waals surface area contributed by atoms with Gasteiger partial charge in [0.2, 0.25) is 0 Å². The van der Waals surface area contributed by atoms with Crippen LogP contribution < -0.4 is 10.3 Å². The van der Waals surface area contributed by atoms with Gasteiger partial charge in [0, 0.05) is 22.1 Å². The first-order valence-electron chi connectivity index (χ1n) is 6.92. The number of H-pyrrole nitrogens is 1. The Bertz CT molecular complexity index is 796. The average molecular weight is 319 g/mol. The quantitative estimate of drug-likeness (QED) is 0.679. The molecule has 0 fully saturated rings. The summed E-state index contributed by atoms with van der Waals surface area (Å²) in [5.74, 6) is 0.402. The van der Waals surface area contributed by atoms with Gasteiger partial charge < -0.3 is 9.82 Å². The third-order valence-electron chi connectivity index (χ3n) is 3.59. The SMILES string of the molecule is CC(C)(NOc1c[nH]c2ccc(Cl)cc12)c1ccc(F)cc1. The van der Waals surface area contributed by atoms with E-state index in [1.807, 2.05) is 32.0 Å². The van der Waals surface area contributed by atoms with E-state index < -0.39 is 5.54 Å². The number of hydroxylamine groups is 1. The molecular weight excluding hydrogens is 303 g/mol. The van der Waals surface area contributed by atoms with Gasteiger partial charge in [-0.05, 0) is 49.7 Å². The lowest BCUT2D eigenvalue weighted by atomic mass is 9.95. The highest BCUT2D eigenvalue weighted by Crippen LogP contribution is 2.29. The maximum Gasteiger partial charge on any atom is 0.172 e. The van der Waals surface area contributed by atoms with Gasteiger partial charge in [-0.1, -0.05) is 23.7 Å². The molecule has 0 amide bonds. The fourth-order valence-corrected chi connectivity index (χ4v) is 2.43. The Morgan fingerprint density at radius 3 is 2.59 bits per heavy atom. The van der Waals surface area contributed by atoms with Gasteiger partial charge in [0.05, 0.1) is 5.54 Å². The van der Waals surface area contributed by atoms with E-state index in [-0.39, 0.29) is 5.82 Å². The monoisotopic (exact) mass is 318 g/mol. The Hall–Kier alpha value is -2.04. The van der Waals surface area contributed by atoms with E-state index in [1.165, 1.54) is 12.1 Å². The molecule has 0 bridgehead atoms. The van der Waals surface area contributed by atoms with Crippen molar-refractivity contribution < 1.29 is 9.23 Å². The Balaban J connectivity index is 1.80. The molecule has 5 heteroatoms. The van der Waals surface area contributed by atoms with Gasteiger partial charge in [-0.25, -0.2) is 4.39 Å². The summed E-state index contributed by atoms with van der Waals surface area (Å²) in [4.78, 5) is 8.86. The van der Waals surface area contributed by atoms with Crippen LogP contribution in [0, 0.1) is 5.82 Å². The minimum absolute atomic E-state index is 0.258. The molecule has 0 unspecified atom stereocenters. The van der Waals surface area contributed by atoms with Crippen molar-refractivity contribution in [1.29, 1.82) is 0 Å². The van der Waals surface area contributed by atoms with Crippen molar-refractivity contribution in [2.45, 2.75) is 19.4 Å². The number of aromatic amines is 1. The van der Waals surface area contributed by atoms with Crippen LogP contribution in [-0.4, -0.2) is 4.98 Å². The van der Waals surface area contributed by atoms with E-state index in [9.17, 15) is 4.39 Å². The third kappa shape index (κ3) is 2.93. The molecule has 2 aromatic carbocycles. The highest BCUT2D eigenvalue weighted by atomic mass is 35.5. The molecule has 22 heavy (non-hydrogen) atoms. The van der Waals surface area contributed by atoms with Crippen LogP contribution in [0.15, 0.2) is 48.7 Å². The van der Waals surface area contributed by atoms with Gasteiger partial charge in [-0.15, -0.1) is 5.48 Å². The predicted octanol–water partition coefficient (Wildman–Crippen LogP) is 4.78. The van der Waals surface area contributed by atoms with Gasteiger partial charge in [-0.2, -0.15) is 0 Å². The van der Waals surface area contributed by atoms with Crippen molar-refractivity contribution >= 4 is 22.5 Å². The van der Waals surface area contributed by atoms with Crippen LogP contribution in [0.5, 0.6) is 5.75 Å². The molecule has 1 aromatic heterocycles. The standard InChI is InChI=1S/C17H16ClFN2O/c1-17(2,11-3-6-13(19)7-4-11)21-22-16-10-20-15-8-5-12(18)9-14(15)16/h3-10,20-21H,1-2H3. The summed E-state index contributed by atoms with van der Waals surface area (Å²) >= 11 is 6.02. The third-order valence-corrected chi connectivity index (χ3v) is 3.82. The summed E-state index contributed by atoms with van der Waals surface area (Å²) < 4.78 is 13.0. The summed E-state index contributed by atoms with van der Waals surface area (Å²) in [7, 11) is 0. The highest BCUT2D eigenvalue weighted by Gasteiger charge is 2.21. The number of rotatable bonds is 4. The topological polar surface area (TPSA) is 37.0 Å².